The van der Waals surface area contributed by atoms with Crippen LogP contribution in [0.25, 0.3) is 0 Å². The number of hydrogen-bond acceptors (Lipinski definition) is 1. The van der Waals surface area contributed by atoms with E-state index < -0.39 is 0 Å². The predicted molar refractivity (Wildman–Crippen MR) is 62.5 cm³/mol. The lowest BCUT2D eigenvalue weighted by Gasteiger charge is -2.21. The molecule has 1 aliphatic carbocycles. The maximum absolute atomic E-state index is 6.00. The van der Waals surface area contributed by atoms with Crippen LogP contribution >= 0.6 is 0 Å². The van der Waals surface area contributed by atoms with Crippen molar-refractivity contribution in [2.24, 2.45) is 22.6 Å². The van der Waals surface area contributed by atoms with Gasteiger partial charge in [0.05, 0.1) is 5.84 Å². The Labute approximate surface area is 88.0 Å². The van der Waals surface area contributed by atoms with Crippen molar-refractivity contribution in [3.05, 3.63) is 0 Å². The molecule has 1 aliphatic rings. The van der Waals surface area contributed by atoms with Crippen LogP contribution in [-0.4, -0.2) is 12.4 Å². The van der Waals surface area contributed by atoms with E-state index >= 15 is 0 Å². The second kappa shape index (κ2) is 6.05. The quantitative estimate of drug-likeness (QED) is 0.545. The van der Waals surface area contributed by atoms with Gasteiger partial charge in [-0.15, -0.1) is 0 Å². The molecule has 0 bridgehead atoms. The zero-order valence-electron chi connectivity index (χ0n) is 9.63. The Kier molecular flexibility index (Phi) is 4.99. The topological polar surface area (TPSA) is 38.4 Å². The molecule has 14 heavy (non-hydrogen) atoms. The predicted octanol–water partition coefficient (Wildman–Crippen LogP) is 2.97. The van der Waals surface area contributed by atoms with Gasteiger partial charge in [-0.2, -0.15) is 0 Å². The fraction of sp³-hybridized carbons (Fsp3) is 0.917. The van der Waals surface area contributed by atoms with Gasteiger partial charge in [0.25, 0.3) is 0 Å². The van der Waals surface area contributed by atoms with E-state index in [1.807, 2.05) is 0 Å². The number of nitrogens with two attached hydrogens (primary N) is 1. The molecule has 0 aromatic carbocycles. The van der Waals surface area contributed by atoms with Crippen LogP contribution in [0.5, 0.6) is 0 Å². The van der Waals surface area contributed by atoms with Crippen LogP contribution in [0.2, 0.25) is 0 Å². The number of nitrogens with zero attached hydrogens (tertiary/aromatic N) is 1. The molecule has 82 valence electrons. The Morgan fingerprint density at radius 3 is 2.57 bits per heavy atom. The molecule has 1 unspecified atom stereocenters. The summed E-state index contributed by atoms with van der Waals surface area (Å²) >= 11 is 0. The average molecular weight is 196 g/mol. The summed E-state index contributed by atoms with van der Waals surface area (Å²) in [4.78, 5) is 4.51. The van der Waals surface area contributed by atoms with Gasteiger partial charge in [-0.05, 0) is 18.8 Å². The SMILES string of the molecule is CCC(C)CN=C(N)C1CCCCC1. The van der Waals surface area contributed by atoms with E-state index in [2.05, 4.69) is 18.8 Å². The van der Waals surface area contributed by atoms with Crippen molar-refractivity contribution in [3.63, 3.8) is 0 Å². The van der Waals surface area contributed by atoms with Gasteiger partial charge in [-0.25, -0.2) is 0 Å². The van der Waals surface area contributed by atoms with Crippen LogP contribution in [0.3, 0.4) is 0 Å². The van der Waals surface area contributed by atoms with Crippen molar-refractivity contribution < 1.29 is 0 Å². The number of amidine groups is 1. The van der Waals surface area contributed by atoms with Gasteiger partial charge < -0.3 is 5.73 Å². The standard InChI is InChI=1S/C12H24N2/c1-3-10(2)9-14-12(13)11-7-5-4-6-8-11/h10-11H,3-9H2,1-2H3,(H2,13,14). The van der Waals surface area contributed by atoms with Crippen molar-refractivity contribution in [1.29, 1.82) is 0 Å². The third-order valence-electron chi connectivity index (χ3n) is 3.31. The van der Waals surface area contributed by atoms with Crippen molar-refractivity contribution in [2.45, 2.75) is 52.4 Å². The van der Waals surface area contributed by atoms with E-state index in [4.69, 9.17) is 5.73 Å². The second-order valence-electron chi connectivity index (χ2n) is 4.61. The molecule has 1 atom stereocenters. The molecule has 0 saturated heterocycles. The van der Waals surface area contributed by atoms with Crippen molar-refractivity contribution in [1.82, 2.24) is 0 Å². The van der Waals surface area contributed by atoms with E-state index in [0.29, 0.717) is 11.8 Å². The Balaban J connectivity index is 2.34. The third-order valence-corrected chi connectivity index (χ3v) is 3.31. The lowest BCUT2D eigenvalue weighted by atomic mass is 9.88. The van der Waals surface area contributed by atoms with E-state index in [1.165, 1.54) is 38.5 Å². The molecule has 1 rings (SSSR count). The highest BCUT2D eigenvalue weighted by molar-refractivity contribution is 5.82. The van der Waals surface area contributed by atoms with Gasteiger partial charge in [0, 0.05) is 12.5 Å². The van der Waals surface area contributed by atoms with E-state index in [-0.39, 0.29) is 0 Å². The molecule has 2 N–H and O–H groups in total. The summed E-state index contributed by atoms with van der Waals surface area (Å²) in [6.45, 7) is 5.35. The lowest BCUT2D eigenvalue weighted by molar-refractivity contribution is 0.435. The minimum atomic E-state index is 0.591. The van der Waals surface area contributed by atoms with Gasteiger partial charge in [0.1, 0.15) is 0 Å². The van der Waals surface area contributed by atoms with Gasteiger partial charge in [0.15, 0.2) is 0 Å². The molecular formula is C12H24N2. The number of rotatable bonds is 4. The summed E-state index contributed by atoms with van der Waals surface area (Å²) in [7, 11) is 0. The van der Waals surface area contributed by atoms with Crippen LogP contribution in [-0.2, 0) is 0 Å². The Morgan fingerprint density at radius 1 is 1.36 bits per heavy atom. The van der Waals surface area contributed by atoms with E-state index in [0.717, 1.165) is 12.4 Å². The first kappa shape index (κ1) is 11.5. The molecule has 2 nitrogen and oxygen atoms in total. The minimum absolute atomic E-state index is 0.591. The van der Waals surface area contributed by atoms with Crippen LogP contribution in [0.1, 0.15) is 52.4 Å². The van der Waals surface area contributed by atoms with Crippen molar-refractivity contribution in [2.75, 3.05) is 6.54 Å². The molecule has 0 radical (unpaired) electrons. The smallest absolute Gasteiger partial charge is 0.0968 e. The highest BCUT2D eigenvalue weighted by Gasteiger charge is 2.16. The zero-order chi connectivity index (χ0) is 10.4. The Bertz CT molecular complexity index is 181. The van der Waals surface area contributed by atoms with Crippen LogP contribution < -0.4 is 5.73 Å². The maximum Gasteiger partial charge on any atom is 0.0968 e. The summed E-state index contributed by atoms with van der Waals surface area (Å²) in [5, 5.41) is 0. The normalized spacial score (nSPS) is 22.3. The summed E-state index contributed by atoms with van der Waals surface area (Å²) in [5.74, 6) is 2.19. The summed E-state index contributed by atoms with van der Waals surface area (Å²) < 4.78 is 0. The molecule has 0 spiro atoms. The fourth-order valence-corrected chi connectivity index (χ4v) is 1.92. The molecular weight excluding hydrogens is 172 g/mol. The van der Waals surface area contributed by atoms with Crippen LogP contribution in [0.15, 0.2) is 4.99 Å². The summed E-state index contributed by atoms with van der Waals surface area (Å²) in [5.41, 5.74) is 6.00. The second-order valence-corrected chi connectivity index (χ2v) is 4.61. The van der Waals surface area contributed by atoms with E-state index in [1.54, 1.807) is 0 Å². The first-order valence-electron chi connectivity index (χ1n) is 6.03. The zero-order valence-corrected chi connectivity index (χ0v) is 9.63. The first-order valence-corrected chi connectivity index (χ1v) is 6.03. The largest absolute Gasteiger partial charge is 0.387 e. The van der Waals surface area contributed by atoms with Crippen LogP contribution in [0, 0.1) is 11.8 Å². The average Bonchev–Trinajstić information content (AvgIpc) is 2.26. The van der Waals surface area contributed by atoms with Gasteiger partial charge >= 0.3 is 0 Å². The molecule has 0 aromatic heterocycles. The summed E-state index contributed by atoms with van der Waals surface area (Å²) in [6.07, 6.45) is 7.77. The highest BCUT2D eigenvalue weighted by Crippen LogP contribution is 2.23. The summed E-state index contributed by atoms with van der Waals surface area (Å²) in [6, 6.07) is 0. The third kappa shape index (κ3) is 3.69. The molecule has 1 saturated carbocycles. The number of aliphatic imine (C=N–C) groups is 1. The van der Waals surface area contributed by atoms with Gasteiger partial charge in [-0.3, -0.25) is 4.99 Å². The number of hydrogen-bond donors (Lipinski definition) is 1. The van der Waals surface area contributed by atoms with E-state index in [9.17, 15) is 0 Å². The lowest BCUT2D eigenvalue weighted by Crippen LogP contribution is -2.26. The monoisotopic (exact) mass is 196 g/mol. The highest BCUT2D eigenvalue weighted by atomic mass is 14.9. The minimum Gasteiger partial charge on any atom is -0.387 e. The van der Waals surface area contributed by atoms with Gasteiger partial charge in [0.2, 0.25) is 0 Å². The van der Waals surface area contributed by atoms with Gasteiger partial charge in [-0.1, -0.05) is 39.5 Å². The molecule has 0 heterocycles. The molecule has 0 aromatic rings. The first-order chi connectivity index (χ1) is 6.74. The Morgan fingerprint density at radius 2 is 2.00 bits per heavy atom. The van der Waals surface area contributed by atoms with Crippen molar-refractivity contribution in [3.8, 4) is 0 Å². The fourth-order valence-electron chi connectivity index (χ4n) is 1.92. The molecule has 0 aliphatic heterocycles. The Hall–Kier alpha value is -0.530. The molecule has 1 fully saturated rings. The maximum atomic E-state index is 6.00. The molecule has 2 heteroatoms. The molecule has 0 amide bonds. The van der Waals surface area contributed by atoms with Crippen molar-refractivity contribution >= 4 is 5.84 Å². The van der Waals surface area contributed by atoms with Crippen LogP contribution in [0.4, 0.5) is 0 Å².